The van der Waals surface area contributed by atoms with E-state index in [0.29, 0.717) is 0 Å². The van der Waals surface area contributed by atoms with Gasteiger partial charge in [0.05, 0.1) is 0 Å². The van der Waals surface area contributed by atoms with Crippen LogP contribution in [0, 0.1) is 13.3 Å². The number of hydrogen-bond acceptors (Lipinski definition) is 0. The van der Waals surface area contributed by atoms with E-state index in [-0.39, 0.29) is 0 Å². The van der Waals surface area contributed by atoms with Crippen molar-refractivity contribution in [3.8, 4) is 0 Å². The number of benzene rings is 1. The molecule has 0 N–H and O–H groups in total. The van der Waals surface area contributed by atoms with Crippen LogP contribution in [-0.2, 0) is 0 Å². The highest BCUT2D eigenvalue weighted by molar-refractivity contribution is 7.91. The Kier molecular flexibility index (Phi) is 5.00. The molecule has 4 atom stereocenters. The molecule has 0 aliphatic carbocycles. The van der Waals surface area contributed by atoms with E-state index in [4.69, 9.17) is 13.3 Å². The van der Waals surface area contributed by atoms with Gasteiger partial charge in [0, 0.05) is 22.6 Å². The molecule has 1 aromatic rings. The Labute approximate surface area is 145 Å². The van der Waals surface area contributed by atoms with Crippen LogP contribution in [0.2, 0.25) is 0 Å². The van der Waals surface area contributed by atoms with Crippen molar-refractivity contribution in [3.05, 3.63) is 37.6 Å². The highest BCUT2D eigenvalue weighted by atomic mass is 31.2. The van der Waals surface area contributed by atoms with Crippen molar-refractivity contribution < 1.29 is 0 Å². The van der Waals surface area contributed by atoms with E-state index in [0.717, 1.165) is 22.6 Å². The largest absolute Gasteiger partial charge is 0.174 e. The van der Waals surface area contributed by atoms with Gasteiger partial charge in [-0.1, -0.05) is 26.7 Å². The van der Waals surface area contributed by atoms with E-state index >= 15 is 0 Å². The topological polar surface area (TPSA) is 0 Å². The van der Waals surface area contributed by atoms with Crippen LogP contribution in [0.5, 0.6) is 0 Å². The van der Waals surface area contributed by atoms with Crippen molar-refractivity contribution in [2.75, 3.05) is 0 Å². The summed E-state index contributed by atoms with van der Waals surface area (Å²) in [5.41, 5.74) is 3.10. The zero-order valence-electron chi connectivity index (χ0n) is 15.5. The molecule has 3 rings (SSSR count). The van der Waals surface area contributed by atoms with E-state index < -0.39 is 14.5 Å². The van der Waals surface area contributed by atoms with Gasteiger partial charge in [-0.15, -0.1) is 0 Å². The number of rotatable bonds is 2. The molecule has 128 valence electrons. The second-order valence-corrected chi connectivity index (χ2v) is 16.5. The molecule has 0 amide bonds. The van der Waals surface area contributed by atoms with Crippen LogP contribution in [0.25, 0.3) is 0 Å². The van der Waals surface area contributed by atoms with Gasteiger partial charge in [0.25, 0.3) is 0 Å². The van der Waals surface area contributed by atoms with Crippen LogP contribution in [-0.4, -0.2) is 22.6 Å². The quantitative estimate of drug-likeness (QED) is 0.448. The highest BCUT2D eigenvalue weighted by Gasteiger charge is 2.51. The van der Waals surface area contributed by atoms with Crippen LogP contribution in [0.3, 0.4) is 0 Å². The zero-order chi connectivity index (χ0) is 16.8. The maximum atomic E-state index is 4.98. The molecule has 0 nitrogen and oxygen atoms in total. The van der Waals surface area contributed by atoms with Gasteiger partial charge >= 0.3 is 0 Å². The third-order valence-corrected chi connectivity index (χ3v) is 17.2. The third-order valence-electron chi connectivity index (χ3n) is 7.17. The summed E-state index contributed by atoms with van der Waals surface area (Å²) in [4.78, 5) is 0. The van der Waals surface area contributed by atoms with E-state index in [1.165, 1.54) is 32.1 Å². The minimum Gasteiger partial charge on any atom is -0.174 e. The minimum absolute atomic E-state index is 0.771. The molecule has 2 fully saturated rings. The molecular weight excluding hydrogens is 314 g/mol. The fraction of sp³-hybridized carbons (Fsp3) is 0.619. The molecule has 1 aromatic carbocycles. The van der Waals surface area contributed by atoms with Gasteiger partial charge in [-0.25, -0.2) is 0 Å². The van der Waals surface area contributed by atoms with Crippen molar-refractivity contribution in [3.63, 3.8) is 0 Å². The molecule has 0 bridgehead atoms. The molecule has 0 aromatic heterocycles. The Bertz CT molecular complexity index is 545. The predicted octanol–water partition coefficient (Wildman–Crippen LogP) is 6.09. The molecule has 2 aliphatic heterocycles. The van der Waals surface area contributed by atoms with Crippen molar-refractivity contribution in [2.45, 2.75) is 82.4 Å². The first kappa shape index (κ1) is 17.9. The second kappa shape index (κ2) is 6.42. The fourth-order valence-corrected chi connectivity index (χ4v) is 14.1. The Morgan fingerprint density at radius 2 is 1.04 bits per heavy atom. The summed E-state index contributed by atoms with van der Waals surface area (Å²) in [5.74, 6) is 0. The van der Waals surface area contributed by atoms with E-state index in [2.05, 4.69) is 52.0 Å². The lowest BCUT2D eigenvalue weighted by molar-refractivity contribution is 0.622. The summed E-state index contributed by atoms with van der Waals surface area (Å²) in [6, 6.07) is 9.40. The van der Waals surface area contributed by atoms with Gasteiger partial charge in [0.1, 0.15) is 10.6 Å². The zero-order valence-corrected chi connectivity index (χ0v) is 17.3. The lowest BCUT2D eigenvalue weighted by Gasteiger charge is -2.47. The van der Waals surface area contributed by atoms with E-state index in [1.54, 1.807) is 10.6 Å². The molecule has 0 radical (unpaired) electrons. The van der Waals surface area contributed by atoms with Crippen LogP contribution >= 0.6 is 14.5 Å². The van der Waals surface area contributed by atoms with Crippen LogP contribution in [0.15, 0.2) is 24.3 Å². The minimum atomic E-state index is -1.35. The molecule has 23 heavy (non-hydrogen) atoms. The third kappa shape index (κ3) is 2.64. The lowest BCUT2D eigenvalue weighted by atomic mass is 10.1. The van der Waals surface area contributed by atoms with Gasteiger partial charge < -0.3 is 0 Å². The summed E-state index contributed by atoms with van der Waals surface area (Å²) in [7, 11) is -2.66. The van der Waals surface area contributed by atoms with Gasteiger partial charge in [-0.3, -0.25) is 0 Å². The van der Waals surface area contributed by atoms with E-state index in [9.17, 15) is 0 Å². The van der Waals surface area contributed by atoms with Crippen molar-refractivity contribution in [2.24, 2.45) is 0 Å². The summed E-state index contributed by atoms with van der Waals surface area (Å²) in [6.07, 6.45) is 6.84. The van der Waals surface area contributed by atoms with Crippen LogP contribution in [0.4, 0.5) is 0 Å². The average molecular weight is 348 g/mol. The first-order valence-corrected chi connectivity index (χ1v) is 13.6. The van der Waals surface area contributed by atoms with E-state index in [1.807, 2.05) is 0 Å². The smallest absolute Gasteiger partial charge is 0.104 e. The molecule has 2 saturated heterocycles. The van der Waals surface area contributed by atoms with Crippen molar-refractivity contribution in [1.29, 1.82) is 0 Å². The molecule has 0 spiro atoms. The van der Waals surface area contributed by atoms with Gasteiger partial charge in [0.2, 0.25) is 0 Å². The van der Waals surface area contributed by atoms with Crippen LogP contribution < -0.4 is 10.6 Å². The molecular formula is C21H34P2. The van der Waals surface area contributed by atoms with Crippen molar-refractivity contribution in [1.82, 2.24) is 0 Å². The molecule has 0 unspecified atom stereocenters. The second-order valence-electron chi connectivity index (χ2n) is 8.25. The summed E-state index contributed by atoms with van der Waals surface area (Å²) in [5, 5.41) is 3.31. The van der Waals surface area contributed by atoms with Gasteiger partial charge in [-0.05, 0) is 71.9 Å². The van der Waals surface area contributed by atoms with Crippen molar-refractivity contribution >= 4 is 25.1 Å². The average Bonchev–Trinajstić information content (AvgIpc) is 2.81. The summed E-state index contributed by atoms with van der Waals surface area (Å²) < 4.78 is 0. The Morgan fingerprint density at radius 1 is 0.696 bits per heavy atom. The van der Waals surface area contributed by atoms with Crippen LogP contribution in [0.1, 0.15) is 59.8 Å². The summed E-state index contributed by atoms with van der Waals surface area (Å²) >= 11 is 0. The Balaban J connectivity index is 2.15. The monoisotopic (exact) mass is 348 g/mol. The normalized spacial score (nSPS) is 36.1. The molecule has 2 heterocycles. The Hall–Kier alpha value is 0.0800. The standard InChI is InChI=1S/C21H34P2/c1-16-10-9-11-17(2)22(16,5)20-12-7-8-13-21(20)23(6)18(3)14-15-19(23)4/h7-8,12-13,16-19H,5-6,9-11,14-15H2,1-4H3/t16-,17-,18+,19+/m0/s1. The SMILES string of the molecule is [CH2-][P+]1(c2ccccc2[P+]2([CH2-])[C@@H](C)CCC[C@@H]2C)[C@H](C)CC[C@H]1C. The molecule has 0 saturated carbocycles. The maximum Gasteiger partial charge on any atom is 0.104 e. The first-order valence-electron chi connectivity index (χ1n) is 9.38. The maximum absolute atomic E-state index is 4.98. The summed E-state index contributed by atoms with van der Waals surface area (Å²) in [6.45, 7) is 19.8. The highest BCUT2D eigenvalue weighted by Crippen LogP contribution is 2.74. The predicted molar refractivity (Wildman–Crippen MR) is 111 cm³/mol. The van der Waals surface area contributed by atoms with Gasteiger partial charge in [0.15, 0.2) is 0 Å². The fourth-order valence-electron chi connectivity index (χ4n) is 5.10. The van der Waals surface area contributed by atoms with Gasteiger partial charge in [-0.2, -0.15) is 13.3 Å². The Morgan fingerprint density at radius 3 is 1.43 bits per heavy atom. The molecule has 2 aliphatic rings. The molecule has 2 heteroatoms. The number of hydrogen-bond donors (Lipinski definition) is 0. The lowest BCUT2D eigenvalue weighted by Crippen LogP contribution is -2.40. The first-order chi connectivity index (χ1) is 10.8.